The minimum Gasteiger partial charge on any atom is -0.255 e. The van der Waals surface area contributed by atoms with Crippen LogP contribution in [0.25, 0.3) is 0 Å². The van der Waals surface area contributed by atoms with Crippen LogP contribution < -0.4 is 0 Å². The van der Waals surface area contributed by atoms with E-state index in [9.17, 15) is 0 Å². The fourth-order valence-corrected chi connectivity index (χ4v) is 0.847. The minimum atomic E-state index is -0.0185. The van der Waals surface area contributed by atoms with E-state index in [1.807, 2.05) is 12.3 Å². The maximum absolute atomic E-state index is 5.98. The summed E-state index contributed by atoms with van der Waals surface area (Å²) in [5.41, 5.74) is -0.0185. The van der Waals surface area contributed by atoms with Crippen LogP contribution in [0, 0.1) is 5.92 Å². The lowest BCUT2D eigenvalue weighted by Gasteiger charge is -2.12. The predicted molar refractivity (Wildman–Crippen MR) is 42.0 cm³/mol. The van der Waals surface area contributed by atoms with Gasteiger partial charge in [0, 0.05) is 12.4 Å². The number of nitrogens with zero attached hydrogens (tertiary/aromatic N) is 2. The van der Waals surface area contributed by atoms with Crippen molar-refractivity contribution in [2.75, 3.05) is 0 Å². The van der Waals surface area contributed by atoms with Crippen LogP contribution >= 0.6 is 11.6 Å². The Morgan fingerprint density at radius 1 is 1.50 bits per heavy atom. The monoisotopic (exact) mass is 158 g/mol. The van der Waals surface area contributed by atoms with Crippen LogP contribution in [0.4, 0.5) is 0 Å². The molecule has 0 N–H and O–H groups in total. The van der Waals surface area contributed by atoms with Crippen LogP contribution in [-0.4, -0.2) is 9.78 Å². The zero-order valence-corrected chi connectivity index (χ0v) is 6.92. The van der Waals surface area contributed by atoms with Crippen molar-refractivity contribution in [1.29, 1.82) is 0 Å². The lowest BCUT2D eigenvalue weighted by atomic mass is 10.2. The zero-order chi connectivity index (χ0) is 7.56. The van der Waals surface area contributed by atoms with Crippen LogP contribution in [0.2, 0.25) is 0 Å². The molecule has 56 valence electrons. The van der Waals surface area contributed by atoms with Crippen molar-refractivity contribution in [2.45, 2.75) is 19.3 Å². The summed E-state index contributed by atoms with van der Waals surface area (Å²) in [6.07, 6.45) is 3.61. The lowest BCUT2D eigenvalue weighted by molar-refractivity contribution is 0.459. The van der Waals surface area contributed by atoms with Gasteiger partial charge in [0.1, 0.15) is 5.50 Å². The number of rotatable bonds is 2. The Balaban J connectivity index is 2.68. The maximum atomic E-state index is 5.98. The molecule has 0 saturated heterocycles. The Bertz CT molecular complexity index is 181. The molecule has 10 heavy (non-hydrogen) atoms. The largest absolute Gasteiger partial charge is 0.255 e. The molecule has 2 nitrogen and oxygen atoms in total. The standard InChI is InChI=1S/C7H11ClN2/c1-6(2)7(8)10-5-3-4-9-10/h3-7H,1-2H3. The number of hydrogen-bond acceptors (Lipinski definition) is 1. The molecule has 1 heterocycles. The molecule has 1 aromatic heterocycles. The number of alkyl halides is 1. The summed E-state index contributed by atoms with van der Waals surface area (Å²) in [4.78, 5) is 0. The van der Waals surface area contributed by atoms with Gasteiger partial charge in [-0.3, -0.25) is 4.68 Å². The van der Waals surface area contributed by atoms with E-state index in [0.717, 1.165) is 0 Å². The molecule has 0 saturated carbocycles. The van der Waals surface area contributed by atoms with Gasteiger partial charge in [-0.2, -0.15) is 5.10 Å². The first-order valence-electron chi connectivity index (χ1n) is 3.35. The van der Waals surface area contributed by atoms with Gasteiger partial charge in [-0.05, 0) is 12.0 Å². The summed E-state index contributed by atoms with van der Waals surface area (Å²) in [7, 11) is 0. The summed E-state index contributed by atoms with van der Waals surface area (Å²) >= 11 is 5.98. The average Bonchev–Trinajstić information content (AvgIpc) is 2.36. The van der Waals surface area contributed by atoms with E-state index in [4.69, 9.17) is 11.6 Å². The van der Waals surface area contributed by atoms with E-state index in [0.29, 0.717) is 5.92 Å². The van der Waals surface area contributed by atoms with E-state index < -0.39 is 0 Å². The van der Waals surface area contributed by atoms with Crippen LogP contribution in [0.15, 0.2) is 18.5 Å². The zero-order valence-electron chi connectivity index (χ0n) is 6.16. The quantitative estimate of drug-likeness (QED) is 0.604. The van der Waals surface area contributed by atoms with Gasteiger partial charge < -0.3 is 0 Å². The third-order valence-corrected chi connectivity index (χ3v) is 2.03. The Morgan fingerprint density at radius 3 is 2.60 bits per heavy atom. The van der Waals surface area contributed by atoms with Gasteiger partial charge in [0.05, 0.1) is 0 Å². The van der Waals surface area contributed by atoms with Gasteiger partial charge >= 0.3 is 0 Å². The average molecular weight is 159 g/mol. The fourth-order valence-electron chi connectivity index (χ4n) is 0.732. The molecule has 0 spiro atoms. The highest BCUT2D eigenvalue weighted by molar-refractivity contribution is 6.19. The molecule has 0 aromatic carbocycles. The fraction of sp³-hybridized carbons (Fsp3) is 0.571. The highest BCUT2D eigenvalue weighted by Crippen LogP contribution is 2.19. The van der Waals surface area contributed by atoms with Crippen LogP contribution in [-0.2, 0) is 0 Å². The molecule has 0 radical (unpaired) electrons. The molecule has 0 bridgehead atoms. The Hall–Kier alpha value is -0.500. The van der Waals surface area contributed by atoms with Crippen LogP contribution in [0.1, 0.15) is 19.3 Å². The summed E-state index contributed by atoms with van der Waals surface area (Å²) in [6.45, 7) is 4.14. The van der Waals surface area contributed by atoms with Crippen molar-refractivity contribution in [1.82, 2.24) is 9.78 Å². The number of halogens is 1. The molecular weight excluding hydrogens is 148 g/mol. The van der Waals surface area contributed by atoms with E-state index in [1.54, 1.807) is 10.9 Å². The van der Waals surface area contributed by atoms with Crippen molar-refractivity contribution in [2.24, 2.45) is 5.92 Å². The van der Waals surface area contributed by atoms with Gasteiger partial charge in [0.25, 0.3) is 0 Å². The predicted octanol–water partition coefficient (Wildman–Crippen LogP) is 2.28. The first-order chi connectivity index (χ1) is 4.72. The third-order valence-electron chi connectivity index (χ3n) is 1.33. The van der Waals surface area contributed by atoms with E-state index in [2.05, 4.69) is 18.9 Å². The first kappa shape index (κ1) is 7.61. The summed E-state index contributed by atoms with van der Waals surface area (Å²) in [5, 5.41) is 4.02. The highest BCUT2D eigenvalue weighted by Gasteiger charge is 2.10. The molecule has 0 fully saturated rings. The normalized spacial score (nSPS) is 14.0. The summed E-state index contributed by atoms with van der Waals surface area (Å²) < 4.78 is 1.76. The SMILES string of the molecule is CC(C)C(Cl)n1cccn1. The van der Waals surface area contributed by atoms with Gasteiger partial charge in [0.2, 0.25) is 0 Å². The molecule has 0 aliphatic rings. The highest BCUT2D eigenvalue weighted by atomic mass is 35.5. The van der Waals surface area contributed by atoms with Gasteiger partial charge in [-0.15, -0.1) is 0 Å². The number of aromatic nitrogens is 2. The second-order valence-corrected chi connectivity index (χ2v) is 3.05. The van der Waals surface area contributed by atoms with Crippen molar-refractivity contribution in [3.05, 3.63) is 18.5 Å². The van der Waals surface area contributed by atoms with Gasteiger partial charge in [-0.25, -0.2) is 0 Å². The Morgan fingerprint density at radius 2 is 2.20 bits per heavy atom. The third kappa shape index (κ3) is 1.51. The Kier molecular flexibility index (Phi) is 2.33. The molecule has 0 amide bonds. The smallest absolute Gasteiger partial charge is 0.127 e. The molecule has 1 rings (SSSR count). The lowest BCUT2D eigenvalue weighted by Crippen LogP contribution is -2.08. The molecule has 1 aromatic rings. The maximum Gasteiger partial charge on any atom is 0.127 e. The topological polar surface area (TPSA) is 17.8 Å². The molecule has 1 atom stereocenters. The first-order valence-corrected chi connectivity index (χ1v) is 3.78. The minimum absolute atomic E-state index is 0.0185. The van der Waals surface area contributed by atoms with Gasteiger partial charge in [-0.1, -0.05) is 25.4 Å². The molecule has 0 aliphatic heterocycles. The van der Waals surface area contributed by atoms with Crippen LogP contribution in [0.5, 0.6) is 0 Å². The summed E-state index contributed by atoms with van der Waals surface area (Å²) in [5.74, 6) is 0.418. The van der Waals surface area contributed by atoms with E-state index in [1.165, 1.54) is 0 Å². The van der Waals surface area contributed by atoms with Crippen molar-refractivity contribution in [3.8, 4) is 0 Å². The van der Waals surface area contributed by atoms with Crippen LogP contribution in [0.3, 0.4) is 0 Å². The van der Waals surface area contributed by atoms with Gasteiger partial charge in [0.15, 0.2) is 0 Å². The second-order valence-electron chi connectivity index (χ2n) is 2.60. The second kappa shape index (κ2) is 3.06. The summed E-state index contributed by atoms with van der Waals surface area (Å²) in [6, 6.07) is 1.87. The van der Waals surface area contributed by atoms with E-state index in [-0.39, 0.29) is 5.50 Å². The van der Waals surface area contributed by atoms with Crippen molar-refractivity contribution in [3.63, 3.8) is 0 Å². The van der Waals surface area contributed by atoms with Crippen molar-refractivity contribution < 1.29 is 0 Å². The van der Waals surface area contributed by atoms with Crippen molar-refractivity contribution >= 4 is 11.6 Å². The molecule has 0 aliphatic carbocycles. The molecule has 1 unspecified atom stereocenters. The molecular formula is C7H11ClN2. The Labute approximate surface area is 65.8 Å². The molecule has 3 heteroatoms. The number of hydrogen-bond donors (Lipinski definition) is 0. The van der Waals surface area contributed by atoms with E-state index >= 15 is 0 Å².